The van der Waals surface area contributed by atoms with Crippen LogP contribution in [0.4, 0.5) is 27.9 Å². The third kappa shape index (κ3) is 6.56. The fourth-order valence-corrected chi connectivity index (χ4v) is 4.34. The summed E-state index contributed by atoms with van der Waals surface area (Å²) < 4.78 is 5.36. The summed E-state index contributed by atoms with van der Waals surface area (Å²) >= 11 is 0. The van der Waals surface area contributed by atoms with Gasteiger partial charge in [0.05, 0.1) is 13.2 Å². The lowest BCUT2D eigenvalue weighted by Crippen LogP contribution is -2.43. The van der Waals surface area contributed by atoms with Crippen molar-refractivity contribution in [3.63, 3.8) is 0 Å². The van der Waals surface area contributed by atoms with Crippen molar-refractivity contribution in [2.75, 3.05) is 81.1 Å². The predicted octanol–water partition coefficient (Wildman–Crippen LogP) is 2.02. The van der Waals surface area contributed by atoms with Crippen LogP contribution >= 0.6 is 0 Å². The number of carbonyl (C=O) groups excluding carboxylic acids is 1. The third-order valence-corrected chi connectivity index (χ3v) is 6.33. The van der Waals surface area contributed by atoms with E-state index in [2.05, 4.69) is 58.2 Å². The molecule has 0 bridgehead atoms. The number of morpholine rings is 1. The quantitative estimate of drug-likeness (QED) is 0.351. The maximum Gasteiger partial charge on any atom is 0.320 e. The van der Waals surface area contributed by atoms with Crippen molar-refractivity contribution < 1.29 is 9.53 Å². The maximum absolute atomic E-state index is 12.3. The Balaban J connectivity index is 1.14. The summed E-state index contributed by atoms with van der Waals surface area (Å²) in [5.41, 5.74) is 2.62. The Morgan fingerprint density at radius 2 is 1.81 bits per heavy atom. The molecule has 0 spiro atoms. The number of fused-ring (bicyclic) bond motifs is 1. The molecule has 11 nitrogen and oxygen atoms in total. The van der Waals surface area contributed by atoms with E-state index in [0.29, 0.717) is 24.0 Å². The molecule has 4 N–H and O–H groups in total. The van der Waals surface area contributed by atoms with Gasteiger partial charge in [-0.2, -0.15) is 4.98 Å². The predicted molar refractivity (Wildman–Crippen MR) is 141 cm³/mol. The molecule has 3 aromatic rings. The van der Waals surface area contributed by atoms with Crippen LogP contribution in [-0.4, -0.2) is 91.5 Å². The Kier molecular flexibility index (Phi) is 8.01. The highest BCUT2D eigenvalue weighted by atomic mass is 16.5. The van der Waals surface area contributed by atoms with Gasteiger partial charge >= 0.3 is 6.03 Å². The lowest BCUT2D eigenvalue weighted by atomic mass is 10.2. The first-order chi connectivity index (χ1) is 17.7. The molecule has 190 valence electrons. The number of hydrogen-bond acceptors (Lipinski definition) is 9. The van der Waals surface area contributed by atoms with E-state index in [9.17, 15) is 4.79 Å². The number of nitrogens with one attached hydrogen (secondary N) is 4. The number of nitrogens with zero attached hydrogens (tertiary/aromatic N) is 5. The van der Waals surface area contributed by atoms with Crippen LogP contribution in [0.3, 0.4) is 0 Å². The van der Waals surface area contributed by atoms with Gasteiger partial charge in [0.25, 0.3) is 0 Å². The van der Waals surface area contributed by atoms with E-state index >= 15 is 0 Å². The first kappa shape index (κ1) is 24.2. The molecule has 0 aliphatic carbocycles. The number of ether oxygens (including phenoxy) is 1. The minimum atomic E-state index is -0.277. The number of aromatic nitrogens is 3. The van der Waals surface area contributed by atoms with Crippen molar-refractivity contribution in [3.8, 4) is 0 Å². The molecule has 2 fully saturated rings. The maximum atomic E-state index is 12.3. The minimum absolute atomic E-state index is 0.277. The standard InChI is InChI=1S/C25H33N9O2/c35-25(27-8-1-11-33-14-16-36-17-15-33)31-22-7-2-19-18-28-24(32-23(19)30-22)29-20-3-5-21(6-4-20)34-12-9-26-10-13-34/h2-7,18,26H,1,8-17H2,(H3,27,28,29,30,31,32,35). The van der Waals surface area contributed by atoms with Gasteiger partial charge in [0.15, 0.2) is 5.65 Å². The van der Waals surface area contributed by atoms with Gasteiger partial charge in [0, 0.05) is 68.8 Å². The Morgan fingerprint density at radius 1 is 1.00 bits per heavy atom. The second kappa shape index (κ2) is 11.9. The van der Waals surface area contributed by atoms with Crippen molar-refractivity contribution in [1.29, 1.82) is 0 Å². The van der Waals surface area contributed by atoms with Crippen LogP contribution in [0.5, 0.6) is 0 Å². The van der Waals surface area contributed by atoms with Gasteiger partial charge in [0.1, 0.15) is 5.82 Å². The molecule has 2 saturated heterocycles. The van der Waals surface area contributed by atoms with E-state index in [1.807, 2.05) is 18.2 Å². The minimum Gasteiger partial charge on any atom is -0.379 e. The summed E-state index contributed by atoms with van der Waals surface area (Å²) in [5.74, 6) is 0.896. The van der Waals surface area contributed by atoms with Gasteiger partial charge in [-0.1, -0.05) is 0 Å². The van der Waals surface area contributed by atoms with Crippen molar-refractivity contribution in [2.45, 2.75) is 6.42 Å². The number of urea groups is 1. The summed E-state index contributed by atoms with van der Waals surface area (Å²) in [6.07, 6.45) is 2.61. The molecule has 0 unspecified atom stereocenters. The van der Waals surface area contributed by atoms with E-state index in [1.165, 1.54) is 5.69 Å². The van der Waals surface area contributed by atoms with Crippen molar-refractivity contribution in [3.05, 3.63) is 42.6 Å². The van der Waals surface area contributed by atoms with Crippen molar-refractivity contribution in [2.24, 2.45) is 0 Å². The molecule has 2 aliphatic heterocycles. The highest BCUT2D eigenvalue weighted by molar-refractivity contribution is 5.89. The lowest BCUT2D eigenvalue weighted by Gasteiger charge is -2.29. The van der Waals surface area contributed by atoms with E-state index in [1.54, 1.807) is 12.3 Å². The van der Waals surface area contributed by atoms with Crippen molar-refractivity contribution >= 4 is 40.2 Å². The van der Waals surface area contributed by atoms with Gasteiger partial charge < -0.3 is 25.6 Å². The van der Waals surface area contributed by atoms with Crippen LogP contribution in [0, 0.1) is 0 Å². The molecule has 11 heteroatoms. The van der Waals surface area contributed by atoms with Gasteiger partial charge in [0.2, 0.25) is 5.95 Å². The number of hydrogen-bond donors (Lipinski definition) is 4. The normalized spacial score (nSPS) is 16.6. The molecule has 2 aromatic heterocycles. The zero-order chi connectivity index (χ0) is 24.6. The number of anilines is 4. The number of carbonyl (C=O) groups is 1. The number of amides is 2. The lowest BCUT2D eigenvalue weighted by molar-refractivity contribution is 0.0375. The Hall–Kier alpha value is -3.54. The molecule has 5 rings (SSSR count). The fourth-order valence-electron chi connectivity index (χ4n) is 4.34. The van der Waals surface area contributed by atoms with Crippen LogP contribution in [0.15, 0.2) is 42.6 Å². The molecule has 2 aliphatic rings. The summed E-state index contributed by atoms with van der Waals surface area (Å²) in [7, 11) is 0. The second-order valence-corrected chi connectivity index (χ2v) is 8.90. The molecule has 36 heavy (non-hydrogen) atoms. The molecule has 0 atom stereocenters. The Labute approximate surface area is 210 Å². The first-order valence-corrected chi connectivity index (χ1v) is 12.5. The van der Waals surface area contributed by atoms with E-state index in [0.717, 1.165) is 76.5 Å². The van der Waals surface area contributed by atoms with Gasteiger partial charge in [-0.15, -0.1) is 0 Å². The number of benzene rings is 1. The molecular weight excluding hydrogens is 458 g/mol. The van der Waals surface area contributed by atoms with E-state index in [4.69, 9.17) is 4.74 Å². The molecular formula is C25H33N9O2. The zero-order valence-electron chi connectivity index (χ0n) is 20.4. The summed E-state index contributed by atoms with van der Waals surface area (Å²) in [6.45, 7) is 9.04. The van der Waals surface area contributed by atoms with E-state index < -0.39 is 0 Å². The highest BCUT2D eigenvalue weighted by Gasteiger charge is 2.12. The molecule has 0 saturated carbocycles. The van der Waals surface area contributed by atoms with Crippen LogP contribution in [-0.2, 0) is 4.74 Å². The van der Waals surface area contributed by atoms with Crippen LogP contribution in [0.2, 0.25) is 0 Å². The molecule has 4 heterocycles. The Morgan fingerprint density at radius 3 is 2.61 bits per heavy atom. The largest absolute Gasteiger partial charge is 0.379 e. The number of rotatable bonds is 8. The summed E-state index contributed by atoms with van der Waals surface area (Å²) in [4.78, 5) is 30.5. The molecule has 0 radical (unpaired) electrons. The van der Waals surface area contributed by atoms with Gasteiger partial charge in [-0.3, -0.25) is 10.2 Å². The fraction of sp³-hybridized carbons (Fsp3) is 0.440. The monoisotopic (exact) mass is 491 g/mol. The highest BCUT2D eigenvalue weighted by Crippen LogP contribution is 2.21. The van der Waals surface area contributed by atoms with Crippen molar-refractivity contribution in [1.82, 2.24) is 30.5 Å². The smallest absolute Gasteiger partial charge is 0.320 e. The Bertz CT molecular complexity index is 1150. The number of piperazine rings is 1. The number of pyridine rings is 1. The molecule has 2 amide bonds. The average Bonchev–Trinajstić information content (AvgIpc) is 2.92. The SMILES string of the molecule is O=C(NCCCN1CCOCC1)Nc1ccc2cnc(Nc3ccc(N4CCNCC4)cc3)nc2n1. The topological polar surface area (TPSA) is 120 Å². The van der Waals surface area contributed by atoms with E-state index in [-0.39, 0.29) is 6.03 Å². The second-order valence-electron chi connectivity index (χ2n) is 8.90. The molecule has 1 aromatic carbocycles. The third-order valence-electron chi connectivity index (χ3n) is 6.33. The van der Waals surface area contributed by atoms with Gasteiger partial charge in [-0.25, -0.2) is 14.8 Å². The van der Waals surface area contributed by atoms with Crippen LogP contribution < -0.4 is 26.2 Å². The summed E-state index contributed by atoms with van der Waals surface area (Å²) in [6, 6.07) is 11.6. The van der Waals surface area contributed by atoms with Crippen LogP contribution in [0.25, 0.3) is 11.0 Å². The van der Waals surface area contributed by atoms with Crippen LogP contribution in [0.1, 0.15) is 6.42 Å². The zero-order valence-corrected chi connectivity index (χ0v) is 20.4. The summed E-state index contributed by atoms with van der Waals surface area (Å²) in [5, 5.41) is 13.1. The average molecular weight is 492 g/mol. The first-order valence-electron chi connectivity index (χ1n) is 12.5. The van der Waals surface area contributed by atoms with Gasteiger partial charge in [-0.05, 0) is 49.4 Å².